The van der Waals surface area contributed by atoms with Crippen LogP contribution in [0.5, 0.6) is 0 Å². The number of anilines is 2. The second kappa shape index (κ2) is 11.5. The summed E-state index contributed by atoms with van der Waals surface area (Å²) in [4.78, 5) is 32.5. The van der Waals surface area contributed by atoms with Gasteiger partial charge in [-0.1, -0.05) is 40.3 Å². The number of carbonyl (C=O) groups is 1. The zero-order valence-corrected chi connectivity index (χ0v) is 22.4. The van der Waals surface area contributed by atoms with Gasteiger partial charge in [-0.15, -0.1) is 0 Å². The molecule has 3 rings (SSSR count). The molecule has 2 aromatic rings. The lowest BCUT2D eigenvalue weighted by Crippen LogP contribution is -2.39. The van der Waals surface area contributed by atoms with E-state index in [1.807, 2.05) is 44.3 Å². The third-order valence-corrected chi connectivity index (χ3v) is 6.16. The van der Waals surface area contributed by atoms with Crippen molar-refractivity contribution in [3.8, 4) is 11.1 Å². The molecule has 0 radical (unpaired) electrons. The van der Waals surface area contributed by atoms with Gasteiger partial charge in [0.1, 0.15) is 5.82 Å². The second-order valence-corrected chi connectivity index (χ2v) is 10.1. The number of amides is 1. The molecular formula is C29H38N4O3. The summed E-state index contributed by atoms with van der Waals surface area (Å²) in [6, 6.07) is 9.38. The molecule has 7 nitrogen and oxygen atoms in total. The Morgan fingerprint density at radius 3 is 2.53 bits per heavy atom. The zero-order chi connectivity index (χ0) is 26.5. The van der Waals surface area contributed by atoms with E-state index < -0.39 is 0 Å². The van der Waals surface area contributed by atoms with Crippen LogP contribution in [0, 0.1) is 12.3 Å². The van der Waals surface area contributed by atoms with Gasteiger partial charge in [-0.05, 0) is 54.3 Å². The molecular weight excluding hydrogens is 452 g/mol. The number of hydrogen-bond donors (Lipinski definition) is 1. The van der Waals surface area contributed by atoms with Gasteiger partial charge in [0.15, 0.2) is 0 Å². The predicted molar refractivity (Wildman–Crippen MR) is 149 cm³/mol. The van der Waals surface area contributed by atoms with Gasteiger partial charge in [0.25, 0.3) is 11.5 Å². The fraction of sp³-hybridized carbons (Fsp3) is 0.414. The summed E-state index contributed by atoms with van der Waals surface area (Å²) in [6.45, 7) is 16.9. The van der Waals surface area contributed by atoms with Crippen molar-refractivity contribution in [2.24, 2.45) is 17.5 Å². The number of aliphatic imine (C=N–C) groups is 1. The van der Waals surface area contributed by atoms with Gasteiger partial charge in [0, 0.05) is 54.8 Å². The van der Waals surface area contributed by atoms with E-state index in [-0.39, 0.29) is 16.9 Å². The van der Waals surface area contributed by atoms with E-state index in [2.05, 4.69) is 42.6 Å². The van der Waals surface area contributed by atoms with Crippen LogP contribution < -0.4 is 15.8 Å². The molecule has 192 valence electrons. The normalized spacial score (nSPS) is 14.8. The molecule has 0 atom stereocenters. The van der Waals surface area contributed by atoms with E-state index in [1.54, 1.807) is 23.8 Å². The number of morpholine rings is 1. The zero-order valence-electron chi connectivity index (χ0n) is 22.4. The van der Waals surface area contributed by atoms with Crippen LogP contribution in [-0.2, 0) is 16.6 Å². The maximum atomic E-state index is 13.0. The highest BCUT2D eigenvalue weighted by molar-refractivity contribution is 6.05. The van der Waals surface area contributed by atoms with E-state index in [1.165, 1.54) is 0 Å². The van der Waals surface area contributed by atoms with Crippen molar-refractivity contribution in [1.82, 2.24) is 4.57 Å². The molecule has 2 heterocycles. The van der Waals surface area contributed by atoms with Crippen molar-refractivity contribution < 1.29 is 9.53 Å². The molecule has 7 heteroatoms. The Hall–Kier alpha value is -3.45. The lowest BCUT2D eigenvalue weighted by molar-refractivity contribution is -0.112. The number of carbonyl (C=O) groups excluding carboxylic acids is 1. The second-order valence-electron chi connectivity index (χ2n) is 10.1. The summed E-state index contributed by atoms with van der Waals surface area (Å²) < 4.78 is 7.14. The van der Waals surface area contributed by atoms with E-state index in [0.29, 0.717) is 24.5 Å². The van der Waals surface area contributed by atoms with Crippen molar-refractivity contribution in [3.63, 3.8) is 0 Å². The molecule has 1 aliphatic heterocycles. The summed E-state index contributed by atoms with van der Waals surface area (Å²) in [5.74, 6) is 0.562. The highest BCUT2D eigenvalue weighted by Gasteiger charge is 2.19. The number of hydrogen-bond acceptors (Lipinski definition) is 5. The Balaban J connectivity index is 1.90. The quantitative estimate of drug-likeness (QED) is 0.333. The Morgan fingerprint density at radius 1 is 1.19 bits per heavy atom. The van der Waals surface area contributed by atoms with E-state index in [9.17, 15) is 9.59 Å². The van der Waals surface area contributed by atoms with Crippen LogP contribution in [0.3, 0.4) is 0 Å². The molecule has 0 saturated carbocycles. The highest BCUT2D eigenvalue weighted by Crippen LogP contribution is 2.30. The number of aryl methyl sites for hydroxylation is 1. The summed E-state index contributed by atoms with van der Waals surface area (Å²) in [7, 11) is 1.79. The average Bonchev–Trinajstić information content (AvgIpc) is 2.84. The van der Waals surface area contributed by atoms with Gasteiger partial charge in [0.2, 0.25) is 0 Å². The van der Waals surface area contributed by atoms with Crippen molar-refractivity contribution >= 4 is 23.6 Å². The maximum absolute atomic E-state index is 13.0. The van der Waals surface area contributed by atoms with Crippen molar-refractivity contribution in [2.75, 3.05) is 36.5 Å². The maximum Gasteiger partial charge on any atom is 0.255 e. The minimum Gasteiger partial charge on any atom is -0.378 e. The lowest BCUT2D eigenvalue weighted by Gasteiger charge is -2.30. The first-order chi connectivity index (χ1) is 17.0. The molecule has 0 spiro atoms. The van der Waals surface area contributed by atoms with Crippen LogP contribution in [0.15, 0.2) is 64.0 Å². The summed E-state index contributed by atoms with van der Waals surface area (Å²) in [5, 5.41) is 2.95. The number of aromatic nitrogens is 1. The predicted octanol–water partition coefficient (Wildman–Crippen LogP) is 5.10. The third kappa shape index (κ3) is 6.61. The number of benzene rings is 1. The van der Waals surface area contributed by atoms with Crippen LogP contribution in [0.1, 0.15) is 39.7 Å². The van der Waals surface area contributed by atoms with Gasteiger partial charge < -0.3 is 15.0 Å². The number of rotatable bonds is 7. The molecule has 1 amide bonds. The van der Waals surface area contributed by atoms with Crippen LogP contribution >= 0.6 is 0 Å². The number of nitrogens with one attached hydrogen (secondary N) is 1. The Kier molecular flexibility index (Phi) is 8.69. The first-order valence-corrected chi connectivity index (χ1v) is 12.4. The summed E-state index contributed by atoms with van der Waals surface area (Å²) in [5.41, 5.74) is 4.19. The monoisotopic (exact) mass is 490 g/mol. The Labute approximate surface area is 214 Å². The molecule has 0 unspecified atom stereocenters. The van der Waals surface area contributed by atoms with E-state index in [4.69, 9.17) is 4.74 Å². The molecule has 0 aliphatic carbocycles. The Morgan fingerprint density at radius 2 is 1.89 bits per heavy atom. The van der Waals surface area contributed by atoms with Crippen LogP contribution in [-0.4, -0.2) is 43.0 Å². The molecule has 1 fully saturated rings. The van der Waals surface area contributed by atoms with Gasteiger partial charge in [0.05, 0.1) is 13.2 Å². The third-order valence-electron chi connectivity index (χ3n) is 6.16. The fourth-order valence-corrected chi connectivity index (χ4v) is 3.96. The van der Waals surface area contributed by atoms with Crippen LogP contribution in [0.4, 0.5) is 11.5 Å². The minimum absolute atomic E-state index is 0.0799. The SMILES string of the molecule is C=C(/C=C(\N=CCC)C(C)(C)C)C(=O)Nc1ccc(C)c(-c2cc(N3CCOCC3)n(C)c(=O)c2)c1. The Bertz CT molecular complexity index is 1240. The molecule has 1 aromatic carbocycles. The van der Waals surface area contributed by atoms with Gasteiger partial charge in [-0.2, -0.15) is 0 Å². The molecule has 0 bridgehead atoms. The van der Waals surface area contributed by atoms with Crippen molar-refractivity contribution in [2.45, 2.75) is 41.0 Å². The molecule has 1 N–H and O–H groups in total. The van der Waals surface area contributed by atoms with Gasteiger partial charge in [-0.25, -0.2) is 0 Å². The number of nitrogens with zero attached hydrogens (tertiary/aromatic N) is 3. The molecule has 1 saturated heterocycles. The van der Waals surface area contributed by atoms with Crippen molar-refractivity contribution in [1.29, 1.82) is 0 Å². The summed E-state index contributed by atoms with van der Waals surface area (Å²) >= 11 is 0. The largest absolute Gasteiger partial charge is 0.378 e. The van der Waals surface area contributed by atoms with E-state index >= 15 is 0 Å². The molecule has 36 heavy (non-hydrogen) atoms. The number of allylic oxidation sites excluding steroid dienone is 1. The number of ether oxygens (including phenoxy) is 1. The summed E-state index contributed by atoms with van der Waals surface area (Å²) in [6.07, 6.45) is 4.39. The van der Waals surface area contributed by atoms with E-state index in [0.717, 1.165) is 47.7 Å². The number of pyridine rings is 1. The van der Waals surface area contributed by atoms with Gasteiger partial charge >= 0.3 is 0 Å². The standard InChI is InChI=1S/C29H38N4O3/c1-8-11-30-25(29(4,5)6)16-21(3)28(35)31-23-10-9-20(2)24(19-23)22-17-26(32(7)27(34)18-22)33-12-14-36-15-13-33/h9-11,16-19H,3,8,12-15H2,1-2,4-7H3,(H,31,35)/b25-16-,30-11?. The van der Waals surface area contributed by atoms with Crippen LogP contribution in [0.2, 0.25) is 0 Å². The first kappa shape index (κ1) is 27.1. The average molecular weight is 491 g/mol. The first-order valence-electron chi connectivity index (χ1n) is 12.4. The van der Waals surface area contributed by atoms with Crippen LogP contribution in [0.25, 0.3) is 11.1 Å². The van der Waals surface area contributed by atoms with Gasteiger partial charge in [-0.3, -0.25) is 19.1 Å². The highest BCUT2D eigenvalue weighted by atomic mass is 16.5. The topological polar surface area (TPSA) is 75.9 Å². The van der Waals surface area contributed by atoms with Crippen molar-refractivity contribution in [3.05, 3.63) is 70.2 Å². The smallest absolute Gasteiger partial charge is 0.255 e. The lowest BCUT2D eigenvalue weighted by atomic mass is 9.91. The molecule has 1 aliphatic rings. The molecule has 1 aromatic heterocycles. The minimum atomic E-state index is -0.295. The fourth-order valence-electron chi connectivity index (χ4n) is 3.96.